The van der Waals surface area contributed by atoms with Gasteiger partial charge in [0.15, 0.2) is 5.82 Å². The molecule has 1 aromatic heterocycles. The first-order valence-corrected chi connectivity index (χ1v) is 7.87. The van der Waals surface area contributed by atoms with Gasteiger partial charge in [-0.2, -0.15) is 4.98 Å². The zero-order chi connectivity index (χ0) is 14.5. The van der Waals surface area contributed by atoms with Gasteiger partial charge in [0.2, 0.25) is 5.89 Å². The Bertz CT molecular complexity index is 559. The first-order chi connectivity index (χ1) is 9.54. The van der Waals surface area contributed by atoms with Crippen LogP contribution in [0.5, 0.6) is 0 Å². The van der Waals surface area contributed by atoms with E-state index in [-0.39, 0.29) is 6.04 Å². The summed E-state index contributed by atoms with van der Waals surface area (Å²) in [6.45, 7) is 4.23. The maximum Gasteiger partial charge on any atom is 0.243 e. The van der Waals surface area contributed by atoms with E-state index in [9.17, 15) is 0 Å². The summed E-state index contributed by atoms with van der Waals surface area (Å²) in [5, 5.41) is 4.69. The van der Waals surface area contributed by atoms with Gasteiger partial charge in [-0.15, -0.1) is 11.8 Å². The van der Waals surface area contributed by atoms with Crippen molar-refractivity contribution in [2.75, 3.05) is 0 Å². The summed E-state index contributed by atoms with van der Waals surface area (Å²) in [4.78, 5) is 5.42. The van der Waals surface area contributed by atoms with Crippen molar-refractivity contribution in [2.45, 2.75) is 37.0 Å². The van der Waals surface area contributed by atoms with Crippen LogP contribution in [0.4, 0.5) is 0 Å². The second-order valence-electron chi connectivity index (χ2n) is 5.03. The molecule has 0 aliphatic heterocycles. The van der Waals surface area contributed by atoms with Crippen molar-refractivity contribution in [3.63, 3.8) is 0 Å². The van der Waals surface area contributed by atoms with Gasteiger partial charge in [-0.1, -0.05) is 36.7 Å². The van der Waals surface area contributed by atoms with Gasteiger partial charge < -0.3 is 10.3 Å². The molecule has 0 radical (unpaired) electrons. The lowest BCUT2D eigenvalue weighted by molar-refractivity contribution is 0.333. The number of aromatic nitrogens is 2. The molecule has 0 fully saturated rings. The fourth-order valence-corrected chi connectivity index (χ4v) is 2.84. The lowest BCUT2D eigenvalue weighted by Gasteiger charge is -2.08. The number of nitrogens with two attached hydrogens (primary N) is 1. The number of rotatable bonds is 6. The molecule has 2 rings (SSSR count). The van der Waals surface area contributed by atoms with Crippen molar-refractivity contribution < 1.29 is 4.52 Å². The quantitative estimate of drug-likeness (QED) is 0.815. The monoisotopic (exact) mass is 311 g/mol. The van der Waals surface area contributed by atoms with Crippen LogP contribution in [0.1, 0.15) is 38.0 Å². The summed E-state index contributed by atoms with van der Waals surface area (Å²) >= 11 is 7.56. The molecule has 0 unspecified atom stereocenters. The standard InChI is InChI=1S/C14H18ClN3OS/c1-9(2)6-12(16)14-17-13(18-19-14)8-20-11-5-3-4-10(15)7-11/h3-5,7,9,12H,6,8,16H2,1-2H3/t12-/m1/s1. The molecule has 2 aromatic rings. The predicted octanol–water partition coefficient (Wildman–Crippen LogP) is 4.06. The Kier molecular flexibility index (Phi) is 5.46. The molecule has 2 N–H and O–H groups in total. The van der Waals surface area contributed by atoms with Crippen LogP contribution in [0.25, 0.3) is 0 Å². The molecule has 1 atom stereocenters. The normalized spacial score (nSPS) is 12.8. The zero-order valence-electron chi connectivity index (χ0n) is 11.5. The highest BCUT2D eigenvalue weighted by Crippen LogP contribution is 2.25. The minimum atomic E-state index is -0.188. The third kappa shape index (κ3) is 4.51. The van der Waals surface area contributed by atoms with Gasteiger partial charge in [0, 0.05) is 9.92 Å². The molecule has 0 amide bonds. The van der Waals surface area contributed by atoms with E-state index >= 15 is 0 Å². The fourth-order valence-electron chi connectivity index (χ4n) is 1.79. The van der Waals surface area contributed by atoms with E-state index in [1.165, 1.54) is 0 Å². The van der Waals surface area contributed by atoms with Gasteiger partial charge in [0.1, 0.15) is 0 Å². The molecule has 0 saturated heterocycles. The molecular weight excluding hydrogens is 294 g/mol. The summed E-state index contributed by atoms with van der Waals surface area (Å²) in [6, 6.07) is 7.50. The molecule has 1 aromatic carbocycles. The SMILES string of the molecule is CC(C)C[C@@H](N)c1nc(CSc2cccc(Cl)c2)no1. The molecule has 0 spiro atoms. The number of hydrogen-bond donors (Lipinski definition) is 1. The van der Waals surface area contributed by atoms with Gasteiger partial charge in [0.25, 0.3) is 0 Å². The van der Waals surface area contributed by atoms with Gasteiger partial charge in [0.05, 0.1) is 11.8 Å². The van der Waals surface area contributed by atoms with E-state index in [0.717, 1.165) is 16.3 Å². The molecule has 0 bridgehead atoms. The molecule has 0 saturated carbocycles. The summed E-state index contributed by atoms with van der Waals surface area (Å²) < 4.78 is 5.21. The predicted molar refractivity (Wildman–Crippen MR) is 81.7 cm³/mol. The van der Waals surface area contributed by atoms with Gasteiger partial charge in [-0.3, -0.25) is 0 Å². The van der Waals surface area contributed by atoms with E-state index in [0.29, 0.717) is 23.4 Å². The van der Waals surface area contributed by atoms with Crippen molar-refractivity contribution in [2.24, 2.45) is 11.7 Å². The molecular formula is C14H18ClN3OS. The minimum Gasteiger partial charge on any atom is -0.338 e. The van der Waals surface area contributed by atoms with Crippen LogP contribution < -0.4 is 5.73 Å². The Morgan fingerprint density at radius 1 is 1.40 bits per heavy atom. The van der Waals surface area contributed by atoms with Crippen LogP contribution in [-0.2, 0) is 5.75 Å². The number of thioether (sulfide) groups is 1. The Morgan fingerprint density at radius 2 is 2.20 bits per heavy atom. The van der Waals surface area contributed by atoms with E-state index in [2.05, 4.69) is 24.0 Å². The Morgan fingerprint density at radius 3 is 2.90 bits per heavy atom. The molecule has 20 heavy (non-hydrogen) atoms. The number of nitrogens with zero attached hydrogens (tertiary/aromatic N) is 2. The van der Waals surface area contributed by atoms with E-state index < -0.39 is 0 Å². The van der Waals surface area contributed by atoms with Crippen molar-refractivity contribution in [3.8, 4) is 0 Å². The van der Waals surface area contributed by atoms with Crippen molar-refractivity contribution >= 4 is 23.4 Å². The third-order valence-electron chi connectivity index (χ3n) is 2.69. The van der Waals surface area contributed by atoms with E-state index in [1.54, 1.807) is 11.8 Å². The fraction of sp³-hybridized carbons (Fsp3) is 0.429. The van der Waals surface area contributed by atoms with Crippen LogP contribution >= 0.6 is 23.4 Å². The lowest BCUT2D eigenvalue weighted by atomic mass is 10.0. The average molecular weight is 312 g/mol. The van der Waals surface area contributed by atoms with Crippen molar-refractivity contribution in [3.05, 3.63) is 41.0 Å². The highest BCUT2D eigenvalue weighted by atomic mass is 35.5. The van der Waals surface area contributed by atoms with Crippen molar-refractivity contribution in [1.82, 2.24) is 10.1 Å². The van der Waals surface area contributed by atoms with Gasteiger partial charge >= 0.3 is 0 Å². The summed E-state index contributed by atoms with van der Waals surface area (Å²) in [6.07, 6.45) is 0.836. The summed E-state index contributed by atoms with van der Waals surface area (Å²) in [5.41, 5.74) is 6.02. The summed E-state index contributed by atoms with van der Waals surface area (Å²) in [7, 11) is 0. The Balaban J connectivity index is 1.93. The Labute approximate surface area is 128 Å². The minimum absolute atomic E-state index is 0.188. The Hall–Kier alpha value is -1.04. The van der Waals surface area contributed by atoms with Crippen LogP contribution in [0.3, 0.4) is 0 Å². The second kappa shape index (κ2) is 7.11. The molecule has 6 heteroatoms. The van der Waals surface area contributed by atoms with Crippen LogP contribution in [-0.4, -0.2) is 10.1 Å². The van der Waals surface area contributed by atoms with E-state index in [4.69, 9.17) is 21.9 Å². The first kappa shape index (κ1) is 15.4. The maximum atomic E-state index is 6.02. The molecule has 0 aliphatic rings. The highest BCUT2D eigenvalue weighted by Gasteiger charge is 2.16. The largest absolute Gasteiger partial charge is 0.338 e. The van der Waals surface area contributed by atoms with Crippen LogP contribution in [0.15, 0.2) is 33.7 Å². The third-order valence-corrected chi connectivity index (χ3v) is 3.92. The maximum absolute atomic E-state index is 6.02. The average Bonchev–Trinajstić information content (AvgIpc) is 2.84. The van der Waals surface area contributed by atoms with Crippen molar-refractivity contribution in [1.29, 1.82) is 0 Å². The van der Waals surface area contributed by atoms with Crippen LogP contribution in [0.2, 0.25) is 5.02 Å². The topological polar surface area (TPSA) is 64.9 Å². The highest BCUT2D eigenvalue weighted by molar-refractivity contribution is 7.98. The molecule has 4 nitrogen and oxygen atoms in total. The number of benzene rings is 1. The first-order valence-electron chi connectivity index (χ1n) is 6.51. The molecule has 0 aliphatic carbocycles. The molecule has 1 heterocycles. The van der Waals surface area contributed by atoms with Gasteiger partial charge in [-0.05, 0) is 30.5 Å². The van der Waals surface area contributed by atoms with Gasteiger partial charge in [-0.25, -0.2) is 0 Å². The summed E-state index contributed by atoms with van der Waals surface area (Å²) in [5.74, 6) is 2.31. The lowest BCUT2D eigenvalue weighted by Crippen LogP contribution is -2.13. The van der Waals surface area contributed by atoms with Crippen LogP contribution in [0, 0.1) is 5.92 Å². The second-order valence-corrected chi connectivity index (χ2v) is 6.52. The number of halogens is 1. The molecule has 108 valence electrons. The zero-order valence-corrected chi connectivity index (χ0v) is 13.1. The number of hydrogen-bond acceptors (Lipinski definition) is 5. The van der Waals surface area contributed by atoms with E-state index in [1.807, 2.05) is 24.3 Å². The smallest absolute Gasteiger partial charge is 0.243 e.